The average molecular weight is 279 g/mol. The highest BCUT2D eigenvalue weighted by Gasteiger charge is 2.13. The summed E-state index contributed by atoms with van der Waals surface area (Å²) in [5.41, 5.74) is -0.339. The Labute approximate surface area is 112 Å². The zero-order chi connectivity index (χ0) is 14.5. The van der Waals surface area contributed by atoms with E-state index in [9.17, 15) is 14.0 Å². The van der Waals surface area contributed by atoms with Crippen LogP contribution in [0.25, 0.3) is 0 Å². The van der Waals surface area contributed by atoms with Crippen molar-refractivity contribution in [3.63, 3.8) is 0 Å². The molecule has 1 aromatic heterocycles. The zero-order valence-corrected chi connectivity index (χ0v) is 10.1. The van der Waals surface area contributed by atoms with Gasteiger partial charge in [-0.3, -0.25) is 0 Å². The van der Waals surface area contributed by atoms with E-state index in [1.165, 1.54) is 6.20 Å². The third-order valence-corrected chi connectivity index (χ3v) is 2.37. The molecule has 0 radical (unpaired) electrons. The van der Waals surface area contributed by atoms with Crippen LogP contribution in [-0.2, 0) is 6.54 Å². The summed E-state index contributed by atoms with van der Waals surface area (Å²) in [6.07, 6.45) is 1.42. The highest BCUT2D eigenvalue weighted by Crippen LogP contribution is 2.17. The quantitative estimate of drug-likeness (QED) is 0.792. The van der Waals surface area contributed by atoms with Gasteiger partial charge in [-0.1, -0.05) is 5.16 Å². The molecule has 0 aliphatic carbocycles. The van der Waals surface area contributed by atoms with Crippen LogP contribution < -0.4 is 10.6 Å². The summed E-state index contributed by atoms with van der Waals surface area (Å²) in [5, 5.41) is 17.1. The third kappa shape index (κ3) is 3.31. The Morgan fingerprint density at radius 2 is 2.15 bits per heavy atom. The number of hydrogen-bond donors (Lipinski definition) is 3. The molecule has 2 aromatic rings. The second-order valence-electron chi connectivity index (χ2n) is 3.78. The monoisotopic (exact) mass is 279 g/mol. The van der Waals surface area contributed by atoms with E-state index in [0.29, 0.717) is 5.76 Å². The fraction of sp³-hybridized carbons (Fsp3) is 0.0833. The standard InChI is InChI=1S/C12H10FN3O4/c13-7-1-2-9(11(17)18)10(5-7)16-12(19)14-6-8-3-4-15-20-8/h1-5H,6H2,(H,17,18)(H2,14,16,19). The van der Waals surface area contributed by atoms with E-state index in [1.54, 1.807) is 6.07 Å². The SMILES string of the molecule is O=C(NCc1ccno1)Nc1cc(F)ccc1C(=O)O. The fourth-order valence-corrected chi connectivity index (χ4v) is 1.47. The lowest BCUT2D eigenvalue weighted by atomic mass is 10.2. The Kier molecular flexibility index (Phi) is 3.94. The van der Waals surface area contributed by atoms with E-state index in [-0.39, 0.29) is 17.8 Å². The van der Waals surface area contributed by atoms with Crippen LogP contribution in [0.5, 0.6) is 0 Å². The van der Waals surface area contributed by atoms with Crippen molar-refractivity contribution in [3.05, 3.63) is 47.6 Å². The first kappa shape index (κ1) is 13.5. The van der Waals surface area contributed by atoms with Gasteiger partial charge in [-0.15, -0.1) is 0 Å². The molecule has 1 aromatic carbocycles. The normalized spacial score (nSPS) is 10.1. The molecule has 3 N–H and O–H groups in total. The molecular formula is C12H10FN3O4. The minimum Gasteiger partial charge on any atom is -0.478 e. The summed E-state index contributed by atoms with van der Waals surface area (Å²) in [6.45, 7) is 0.0730. The minimum absolute atomic E-state index is 0.0730. The summed E-state index contributed by atoms with van der Waals surface area (Å²) < 4.78 is 17.9. The van der Waals surface area contributed by atoms with Crippen molar-refractivity contribution in [2.75, 3.05) is 5.32 Å². The first-order chi connectivity index (χ1) is 9.56. The third-order valence-electron chi connectivity index (χ3n) is 2.37. The summed E-state index contributed by atoms with van der Waals surface area (Å²) in [4.78, 5) is 22.5. The molecule has 104 valence electrons. The Balaban J connectivity index is 2.03. The molecule has 0 saturated heterocycles. The fourth-order valence-electron chi connectivity index (χ4n) is 1.47. The molecule has 7 nitrogen and oxygen atoms in total. The van der Waals surface area contributed by atoms with Gasteiger partial charge in [-0.25, -0.2) is 14.0 Å². The molecular weight excluding hydrogens is 269 g/mol. The molecule has 0 atom stereocenters. The first-order valence-corrected chi connectivity index (χ1v) is 5.53. The van der Waals surface area contributed by atoms with Crippen molar-refractivity contribution < 1.29 is 23.6 Å². The molecule has 0 saturated carbocycles. The van der Waals surface area contributed by atoms with Crippen LogP contribution in [-0.4, -0.2) is 22.3 Å². The second kappa shape index (κ2) is 5.83. The summed E-state index contributed by atoms with van der Waals surface area (Å²) >= 11 is 0. The number of anilines is 1. The number of benzene rings is 1. The molecule has 0 unspecified atom stereocenters. The van der Waals surface area contributed by atoms with E-state index in [0.717, 1.165) is 18.2 Å². The van der Waals surface area contributed by atoms with Gasteiger partial charge in [0.15, 0.2) is 5.76 Å². The van der Waals surface area contributed by atoms with Crippen molar-refractivity contribution in [1.82, 2.24) is 10.5 Å². The maximum Gasteiger partial charge on any atom is 0.337 e. The molecule has 2 rings (SSSR count). The van der Waals surface area contributed by atoms with Gasteiger partial charge >= 0.3 is 12.0 Å². The van der Waals surface area contributed by atoms with Crippen molar-refractivity contribution in [1.29, 1.82) is 0 Å². The van der Waals surface area contributed by atoms with E-state index in [4.69, 9.17) is 9.63 Å². The van der Waals surface area contributed by atoms with Gasteiger partial charge in [0.05, 0.1) is 24.0 Å². The molecule has 0 aliphatic rings. The van der Waals surface area contributed by atoms with E-state index in [2.05, 4.69) is 15.8 Å². The number of carboxylic acids is 1. The average Bonchev–Trinajstić information content (AvgIpc) is 2.89. The van der Waals surface area contributed by atoms with Crippen molar-refractivity contribution in [2.45, 2.75) is 6.54 Å². The van der Waals surface area contributed by atoms with Crippen molar-refractivity contribution in [3.8, 4) is 0 Å². The predicted octanol–water partition coefficient (Wildman–Crippen LogP) is 1.83. The molecule has 1 heterocycles. The predicted molar refractivity (Wildman–Crippen MR) is 65.7 cm³/mol. The van der Waals surface area contributed by atoms with Gasteiger partial charge in [-0.2, -0.15) is 0 Å². The number of halogens is 1. The van der Waals surface area contributed by atoms with Crippen LogP contribution in [0.3, 0.4) is 0 Å². The number of aromatic nitrogens is 1. The molecule has 0 bridgehead atoms. The number of carboxylic acid groups (broad SMARTS) is 1. The van der Waals surface area contributed by atoms with Gasteiger partial charge in [-0.05, 0) is 18.2 Å². The lowest BCUT2D eigenvalue weighted by molar-refractivity contribution is 0.0698. The van der Waals surface area contributed by atoms with E-state index in [1.807, 2.05) is 0 Å². The second-order valence-corrected chi connectivity index (χ2v) is 3.78. The zero-order valence-electron chi connectivity index (χ0n) is 10.1. The van der Waals surface area contributed by atoms with Crippen molar-refractivity contribution >= 4 is 17.7 Å². The topological polar surface area (TPSA) is 104 Å². The molecule has 20 heavy (non-hydrogen) atoms. The number of rotatable bonds is 4. The molecule has 0 spiro atoms. The van der Waals surface area contributed by atoms with Gasteiger partial charge < -0.3 is 20.3 Å². The van der Waals surface area contributed by atoms with Crippen LogP contribution in [0.4, 0.5) is 14.9 Å². The Hall–Kier alpha value is -2.90. The number of amides is 2. The van der Waals surface area contributed by atoms with Gasteiger partial charge in [0.2, 0.25) is 0 Å². The smallest absolute Gasteiger partial charge is 0.337 e. The van der Waals surface area contributed by atoms with Gasteiger partial charge in [0.25, 0.3) is 0 Å². The number of carbonyl (C=O) groups is 2. The van der Waals surface area contributed by atoms with Crippen LogP contribution in [0.2, 0.25) is 0 Å². The molecule has 0 aliphatic heterocycles. The number of aromatic carboxylic acids is 1. The number of hydrogen-bond acceptors (Lipinski definition) is 4. The Bertz CT molecular complexity index is 628. The highest BCUT2D eigenvalue weighted by atomic mass is 19.1. The summed E-state index contributed by atoms with van der Waals surface area (Å²) in [6, 6.07) is 3.88. The van der Waals surface area contributed by atoms with E-state index < -0.39 is 17.8 Å². The van der Waals surface area contributed by atoms with Crippen LogP contribution in [0.15, 0.2) is 35.0 Å². The molecule has 8 heteroatoms. The lowest BCUT2D eigenvalue weighted by Crippen LogP contribution is -2.28. The minimum atomic E-state index is -1.27. The Morgan fingerprint density at radius 1 is 1.35 bits per heavy atom. The van der Waals surface area contributed by atoms with Crippen molar-refractivity contribution in [2.24, 2.45) is 0 Å². The molecule has 2 amide bonds. The first-order valence-electron chi connectivity index (χ1n) is 5.53. The highest BCUT2D eigenvalue weighted by molar-refractivity contribution is 5.99. The maximum absolute atomic E-state index is 13.1. The van der Waals surface area contributed by atoms with Gasteiger partial charge in [0.1, 0.15) is 5.82 Å². The maximum atomic E-state index is 13.1. The largest absolute Gasteiger partial charge is 0.478 e. The van der Waals surface area contributed by atoms with Gasteiger partial charge in [0, 0.05) is 6.07 Å². The number of nitrogens with zero attached hydrogens (tertiary/aromatic N) is 1. The summed E-state index contributed by atoms with van der Waals surface area (Å²) in [5.74, 6) is -1.49. The van der Waals surface area contributed by atoms with Crippen LogP contribution >= 0.6 is 0 Å². The number of nitrogens with one attached hydrogen (secondary N) is 2. The summed E-state index contributed by atoms with van der Waals surface area (Å²) in [7, 11) is 0. The number of urea groups is 1. The Morgan fingerprint density at radius 3 is 2.80 bits per heavy atom. The van der Waals surface area contributed by atoms with Crippen LogP contribution in [0.1, 0.15) is 16.1 Å². The van der Waals surface area contributed by atoms with Crippen LogP contribution in [0, 0.1) is 5.82 Å². The number of carbonyl (C=O) groups excluding carboxylic acids is 1. The lowest BCUT2D eigenvalue weighted by Gasteiger charge is -2.09. The molecule has 0 fully saturated rings. The van der Waals surface area contributed by atoms with E-state index >= 15 is 0 Å².